The first kappa shape index (κ1) is 14.0. The van der Waals surface area contributed by atoms with Crippen LogP contribution in [0.1, 0.15) is 11.6 Å². The van der Waals surface area contributed by atoms with E-state index in [4.69, 9.17) is 5.73 Å². The maximum atomic E-state index is 11.3. The normalized spacial score (nSPS) is 12.4. The molecule has 1 heterocycles. The fourth-order valence-corrected chi connectivity index (χ4v) is 2.45. The van der Waals surface area contributed by atoms with Crippen LogP contribution in [0.5, 0.6) is 5.75 Å². The number of phenolic OH excluding ortho intramolecular Hbond substituents is 1. The largest absolute Gasteiger partial charge is 0.507 e. The second-order valence-electron chi connectivity index (χ2n) is 4.93. The van der Waals surface area contributed by atoms with E-state index >= 15 is 0 Å². The van der Waals surface area contributed by atoms with Crippen molar-refractivity contribution in [1.29, 1.82) is 0 Å². The molecule has 0 spiro atoms. The van der Waals surface area contributed by atoms with Gasteiger partial charge in [-0.3, -0.25) is 10.1 Å². The van der Waals surface area contributed by atoms with Gasteiger partial charge in [0, 0.05) is 17.0 Å². The Morgan fingerprint density at radius 2 is 2.09 bits per heavy atom. The Kier molecular flexibility index (Phi) is 3.23. The summed E-state index contributed by atoms with van der Waals surface area (Å²) in [4.78, 5) is 15.1. The molecule has 2 aromatic carbocycles. The smallest absolute Gasteiger partial charge is 0.296 e. The lowest BCUT2D eigenvalue weighted by Gasteiger charge is -2.12. The molecule has 0 aliphatic carbocycles. The summed E-state index contributed by atoms with van der Waals surface area (Å²) in [6, 6.07) is 9.46. The summed E-state index contributed by atoms with van der Waals surface area (Å²) >= 11 is 0. The Hall–Kier alpha value is -2.99. The highest BCUT2D eigenvalue weighted by Crippen LogP contribution is 2.38. The number of nitro groups is 1. The number of aromatic nitrogens is 1. The first-order chi connectivity index (χ1) is 10.5. The number of benzene rings is 2. The monoisotopic (exact) mass is 295 g/mol. The Morgan fingerprint density at radius 1 is 1.36 bits per heavy atom. The van der Waals surface area contributed by atoms with Crippen LogP contribution in [0.4, 0.5) is 5.69 Å². The van der Waals surface area contributed by atoms with Gasteiger partial charge in [0.2, 0.25) is 0 Å². The van der Waals surface area contributed by atoms with Crippen molar-refractivity contribution in [2.75, 3.05) is 0 Å². The van der Waals surface area contributed by atoms with Crippen molar-refractivity contribution in [3.63, 3.8) is 0 Å². The maximum absolute atomic E-state index is 11.3. The SMILES string of the molecule is C=CC(N)c1cc([N+](=O)[O-])c2nc3ccccc3cc2c1O. The van der Waals surface area contributed by atoms with E-state index in [0.29, 0.717) is 10.9 Å². The third kappa shape index (κ3) is 2.06. The predicted molar refractivity (Wildman–Crippen MR) is 84.7 cm³/mol. The lowest BCUT2D eigenvalue weighted by Crippen LogP contribution is -2.08. The zero-order valence-corrected chi connectivity index (χ0v) is 11.6. The predicted octanol–water partition coefficient (Wildman–Crippen LogP) is 3.19. The van der Waals surface area contributed by atoms with Crippen molar-refractivity contribution >= 4 is 27.5 Å². The molecule has 0 fully saturated rings. The fraction of sp³-hybridized carbons (Fsp3) is 0.0625. The molecular formula is C16H13N3O3. The van der Waals surface area contributed by atoms with Crippen LogP contribution in [0, 0.1) is 10.1 Å². The van der Waals surface area contributed by atoms with Gasteiger partial charge in [0.05, 0.1) is 21.9 Å². The van der Waals surface area contributed by atoms with E-state index in [-0.39, 0.29) is 22.5 Å². The van der Waals surface area contributed by atoms with Crippen molar-refractivity contribution in [3.8, 4) is 5.75 Å². The number of aromatic hydroxyl groups is 1. The van der Waals surface area contributed by atoms with Gasteiger partial charge in [-0.25, -0.2) is 4.98 Å². The molecule has 1 aromatic heterocycles. The van der Waals surface area contributed by atoms with Gasteiger partial charge in [0.25, 0.3) is 5.69 Å². The van der Waals surface area contributed by atoms with Gasteiger partial charge in [0.1, 0.15) is 5.75 Å². The Morgan fingerprint density at radius 3 is 2.77 bits per heavy atom. The highest BCUT2D eigenvalue weighted by atomic mass is 16.6. The summed E-state index contributed by atoms with van der Waals surface area (Å²) in [5.41, 5.74) is 6.68. The maximum Gasteiger partial charge on any atom is 0.296 e. The highest BCUT2D eigenvalue weighted by molar-refractivity contribution is 6.00. The van der Waals surface area contributed by atoms with Gasteiger partial charge in [-0.2, -0.15) is 0 Å². The number of phenols is 1. The molecule has 0 aliphatic rings. The molecule has 3 N–H and O–H groups in total. The van der Waals surface area contributed by atoms with Gasteiger partial charge in [-0.05, 0) is 12.1 Å². The molecule has 3 rings (SSSR count). The van der Waals surface area contributed by atoms with Crippen LogP contribution in [0.25, 0.3) is 21.8 Å². The van der Waals surface area contributed by atoms with Crippen LogP contribution >= 0.6 is 0 Å². The van der Waals surface area contributed by atoms with Crippen LogP contribution in [-0.4, -0.2) is 15.0 Å². The average molecular weight is 295 g/mol. The molecule has 6 heteroatoms. The van der Waals surface area contributed by atoms with Crippen LogP contribution in [0.15, 0.2) is 49.1 Å². The molecule has 3 aromatic rings. The van der Waals surface area contributed by atoms with E-state index < -0.39 is 11.0 Å². The van der Waals surface area contributed by atoms with Crippen molar-refractivity contribution in [2.45, 2.75) is 6.04 Å². The number of hydrogen-bond acceptors (Lipinski definition) is 5. The molecule has 22 heavy (non-hydrogen) atoms. The minimum absolute atomic E-state index is 0.105. The van der Waals surface area contributed by atoms with Gasteiger partial charge < -0.3 is 10.8 Å². The number of rotatable bonds is 3. The number of non-ortho nitro benzene ring substituents is 1. The molecule has 1 atom stereocenters. The van der Waals surface area contributed by atoms with Gasteiger partial charge in [-0.15, -0.1) is 6.58 Å². The summed E-state index contributed by atoms with van der Waals surface area (Å²) in [6.07, 6.45) is 1.42. The molecular weight excluding hydrogens is 282 g/mol. The number of nitrogens with two attached hydrogens (primary N) is 1. The van der Waals surface area contributed by atoms with Crippen molar-refractivity contribution in [2.24, 2.45) is 5.73 Å². The Labute approximate surface area is 125 Å². The van der Waals surface area contributed by atoms with Crippen LogP contribution < -0.4 is 5.73 Å². The second kappa shape index (κ2) is 5.09. The zero-order chi connectivity index (χ0) is 15.9. The minimum Gasteiger partial charge on any atom is -0.507 e. The summed E-state index contributed by atoms with van der Waals surface area (Å²) in [6.45, 7) is 3.56. The number of hydrogen-bond donors (Lipinski definition) is 2. The summed E-state index contributed by atoms with van der Waals surface area (Å²) in [5, 5.41) is 22.9. The summed E-state index contributed by atoms with van der Waals surface area (Å²) in [7, 11) is 0. The molecule has 0 saturated carbocycles. The van der Waals surface area contributed by atoms with E-state index in [1.807, 2.05) is 12.1 Å². The number of pyridine rings is 1. The zero-order valence-electron chi connectivity index (χ0n) is 11.6. The molecule has 6 nitrogen and oxygen atoms in total. The standard InChI is InChI=1S/C16H13N3O3/c1-2-12(17)10-8-14(19(21)22)15-11(16(10)20)7-9-5-3-4-6-13(9)18-15/h2-8,12,20H,1,17H2. The van der Waals surface area contributed by atoms with Gasteiger partial charge in [0.15, 0.2) is 5.52 Å². The second-order valence-corrected chi connectivity index (χ2v) is 4.93. The number of nitro benzene ring substituents is 1. The lowest BCUT2D eigenvalue weighted by atomic mass is 10.0. The number of para-hydroxylation sites is 1. The van der Waals surface area contributed by atoms with E-state index in [1.165, 1.54) is 12.1 Å². The summed E-state index contributed by atoms with van der Waals surface area (Å²) in [5.74, 6) is -0.105. The third-order valence-corrected chi connectivity index (χ3v) is 3.60. The van der Waals surface area contributed by atoms with Gasteiger partial charge >= 0.3 is 0 Å². The van der Waals surface area contributed by atoms with E-state index in [0.717, 1.165) is 5.39 Å². The van der Waals surface area contributed by atoms with Crippen LogP contribution in [0.2, 0.25) is 0 Å². The van der Waals surface area contributed by atoms with E-state index in [1.54, 1.807) is 18.2 Å². The highest BCUT2D eigenvalue weighted by Gasteiger charge is 2.22. The van der Waals surface area contributed by atoms with Crippen LogP contribution in [-0.2, 0) is 0 Å². The average Bonchev–Trinajstić information content (AvgIpc) is 2.53. The van der Waals surface area contributed by atoms with E-state index in [2.05, 4.69) is 11.6 Å². The topological polar surface area (TPSA) is 102 Å². The van der Waals surface area contributed by atoms with E-state index in [9.17, 15) is 15.2 Å². The molecule has 1 unspecified atom stereocenters. The van der Waals surface area contributed by atoms with Gasteiger partial charge in [-0.1, -0.05) is 24.3 Å². The molecule has 0 radical (unpaired) electrons. The Balaban J connectivity index is 2.48. The Bertz CT molecular complexity index is 921. The third-order valence-electron chi connectivity index (χ3n) is 3.60. The molecule has 0 saturated heterocycles. The summed E-state index contributed by atoms with van der Waals surface area (Å²) < 4.78 is 0. The quantitative estimate of drug-likeness (QED) is 0.334. The molecule has 110 valence electrons. The van der Waals surface area contributed by atoms with Crippen LogP contribution in [0.3, 0.4) is 0 Å². The fourth-order valence-electron chi connectivity index (χ4n) is 2.45. The number of nitrogens with zero attached hydrogens (tertiary/aromatic N) is 2. The molecule has 0 amide bonds. The van der Waals surface area contributed by atoms with Crippen molar-refractivity contribution < 1.29 is 10.0 Å². The number of fused-ring (bicyclic) bond motifs is 2. The van der Waals surface area contributed by atoms with Crippen molar-refractivity contribution in [3.05, 3.63) is 64.7 Å². The first-order valence-corrected chi connectivity index (χ1v) is 6.61. The molecule has 0 aliphatic heterocycles. The first-order valence-electron chi connectivity index (χ1n) is 6.61. The van der Waals surface area contributed by atoms with Crippen molar-refractivity contribution in [1.82, 2.24) is 4.98 Å². The lowest BCUT2D eigenvalue weighted by molar-refractivity contribution is -0.383. The minimum atomic E-state index is -0.699. The molecule has 0 bridgehead atoms.